The first-order valence-electron chi connectivity index (χ1n) is 5.11. The van der Waals surface area contributed by atoms with Crippen molar-refractivity contribution in [2.45, 2.75) is 13.8 Å². The van der Waals surface area contributed by atoms with Gasteiger partial charge in [-0.15, -0.1) is 0 Å². The fraction of sp³-hybridized carbons (Fsp3) is 0.231. The van der Waals surface area contributed by atoms with Crippen molar-refractivity contribution in [1.82, 2.24) is 0 Å². The fourth-order valence-corrected chi connectivity index (χ4v) is 1.44. The summed E-state index contributed by atoms with van der Waals surface area (Å²) in [6.07, 6.45) is 0. The van der Waals surface area contributed by atoms with Crippen LogP contribution in [0.25, 0.3) is 10.4 Å². The van der Waals surface area contributed by atoms with Crippen molar-refractivity contribution in [2.24, 2.45) is 0 Å². The molecule has 1 rings (SSSR count). The summed E-state index contributed by atoms with van der Waals surface area (Å²) in [4.78, 5) is 14.8. The molecule has 0 aliphatic heterocycles. The SMILES string of the molecule is [C-]#[N+]C(C(=O)OCC)=C(C)c1ccc(Cl)cc1. The molecule has 0 N–H and O–H groups in total. The number of halogens is 1. The molecule has 0 bridgehead atoms. The number of benzene rings is 1. The Morgan fingerprint density at radius 1 is 1.41 bits per heavy atom. The van der Waals surface area contributed by atoms with Crippen molar-refractivity contribution in [2.75, 3.05) is 6.61 Å². The van der Waals surface area contributed by atoms with Crippen LogP contribution in [0.5, 0.6) is 0 Å². The maximum absolute atomic E-state index is 11.5. The van der Waals surface area contributed by atoms with Crippen LogP contribution in [0.4, 0.5) is 0 Å². The molecule has 0 saturated carbocycles. The molecule has 0 aliphatic carbocycles. The standard InChI is InChI=1S/C13H12ClNO2/c1-4-17-13(16)12(15-3)9(2)10-5-7-11(14)8-6-10/h5-8H,4H2,1-2H3. The minimum Gasteiger partial charge on any atom is -0.471 e. The molecule has 88 valence electrons. The van der Waals surface area contributed by atoms with E-state index in [4.69, 9.17) is 22.9 Å². The third kappa shape index (κ3) is 3.33. The molecule has 17 heavy (non-hydrogen) atoms. The van der Waals surface area contributed by atoms with Crippen LogP contribution in [-0.4, -0.2) is 12.6 Å². The minimum absolute atomic E-state index is 0.00849. The number of hydrogen-bond donors (Lipinski definition) is 0. The van der Waals surface area contributed by atoms with E-state index in [1.807, 2.05) is 0 Å². The van der Waals surface area contributed by atoms with Gasteiger partial charge in [0, 0.05) is 5.02 Å². The molecular weight excluding hydrogens is 238 g/mol. The maximum atomic E-state index is 11.5. The molecule has 0 aliphatic rings. The zero-order valence-electron chi connectivity index (χ0n) is 9.66. The van der Waals surface area contributed by atoms with Crippen molar-refractivity contribution in [3.8, 4) is 0 Å². The lowest BCUT2D eigenvalue weighted by Crippen LogP contribution is -2.06. The van der Waals surface area contributed by atoms with E-state index in [2.05, 4.69) is 4.85 Å². The molecule has 0 aromatic heterocycles. The van der Waals surface area contributed by atoms with E-state index in [0.29, 0.717) is 10.6 Å². The van der Waals surface area contributed by atoms with E-state index in [-0.39, 0.29) is 12.3 Å². The molecule has 1 aromatic rings. The molecule has 0 spiro atoms. The van der Waals surface area contributed by atoms with Gasteiger partial charge in [0.15, 0.2) is 0 Å². The Morgan fingerprint density at radius 2 is 2.00 bits per heavy atom. The van der Waals surface area contributed by atoms with E-state index in [9.17, 15) is 4.79 Å². The summed E-state index contributed by atoms with van der Waals surface area (Å²) < 4.78 is 4.82. The molecule has 0 fully saturated rings. The third-order valence-corrected chi connectivity index (χ3v) is 2.47. The summed E-state index contributed by atoms with van der Waals surface area (Å²) in [6.45, 7) is 10.7. The molecular formula is C13H12ClNO2. The minimum atomic E-state index is -0.588. The van der Waals surface area contributed by atoms with Crippen LogP contribution in [-0.2, 0) is 9.53 Å². The Kier molecular flexibility index (Phi) is 4.74. The van der Waals surface area contributed by atoms with Gasteiger partial charge < -0.3 is 4.74 Å². The molecule has 0 atom stereocenters. The molecule has 1 aromatic carbocycles. The van der Waals surface area contributed by atoms with Crippen LogP contribution >= 0.6 is 11.6 Å². The Hall–Kier alpha value is -1.79. The van der Waals surface area contributed by atoms with Crippen molar-refractivity contribution in [3.05, 3.63) is 52.0 Å². The molecule has 0 saturated heterocycles. The summed E-state index contributed by atoms with van der Waals surface area (Å²) >= 11 is 5.77. The summed E-state index contributed by atoms with van der Waals surface area (Å²) in [5.41, 5.74) is 1.39. The van der Waals surface area contributed by atoms with Crippen molar-refractivity contribution < 1.29 is 9.53 Å². The van der Waals surface area contributed by atoms with Gasteiger partial charge in [-0.3, -0.25) is 4.79 Å². The second kappa shape index (κ2) is 6.07. The van der Waals surface area contributed by atoms with E-state index in [1.165, 1.54) is 0 Å². The number of nitrogens with zero attached hydrogens (tertiary/aromatic N) is 1. The zero-order valence-corrected chi connectivity index (χ0v) is 10.4. The topological polar surface area (TPSA) is 30.7 Å². The quantitative estimate of drug-likeness (QED) is 0.466. The molecule has 0 heterocycles. The van der Waals surface area contributed by atoms with Crippen LogP contribution < -0.4 is 0 Å². The highest BCUT2D eigenvalue weighted by Gasteiger charge is 2.15. The third-order valence-electron chi connectivity index (χ3n) is 2.21. The molecule has 4 heteroatoms. The van der Waals surface area contributed by atoms with Crippen molar-refractivity contribution in [3.63, 3.8) is 0 Å². The zero-order chi connectivity index (χ0) is 12.8. The highest BCUT2D eigenvalue weighted by molar-refractivity contribution is 6.30. The van der Waals surface area contributed by atoms with Gasteiger partial charge in [-0.2, -0.15) is 0 Å². The number of hydrogen-bond acceptors (Lipinski definition) is 2. The van der Waals surface area contributed by atoms with Gasteiger partial charge in [-0.1, -0.05) is 23.7 Å². The van der Waals surface area contributed by atoms with Gasteiger partial charge in [0.1, 0.15) is 0 Å². The summed E-state index contributed by atoms with van der Waals surface area (Å²) in [5, 5.41) is 0.613. The average Bonchev–Trinajstić information content (AvgIpc) is 2.31. The number of esters is 1. The van der Waals surface area contributed by atoms with E-state index in [0.717, 1.165) is 5.56 Å². The van der Waals surface area contributed by atoms with Gasteiger partial charge >= 0.3 is 5.97 Å². The first-order chi connectivity index (χ1) is 8.10. The predicted molar refractivity (Wildman–Crippen MR) is 67.3 cm³/mol. The number of carbonyl (C=O) groups is 1. The number of allylic oxidation sites excluding steroid dienone is 1. The summed E-state index contributed by atoms with van der Waals surface area (Å²) in [6, 6.07) is 6.96. The van der Waals surface area contributed by atoms with Gasteiger partial charge in [0.2, 0.25) is 0 Å². The highest BCUT2D eigenvalue weighted by Crippen LogP contribution is 2.22. The maximum Gasteiger partial charge on any atom is 0.336 e. The average molecular weight is 250 g/mol. The molecule has 0 radical (unpaired) electrons. The lowest BCUT2D eigenvalue weighted by molar-refractivity contribution is -0.138. The Morgan fingerprint density at radius 3 is 2.47 bits per heavy atom. The van der Waals surface area contributed by atoms with Crippen LogP contribution in [0, 0.1) is 6.57 Å². The Labute approximate surface area is 105 Å². The lowest BCUT2D eigenvalue weighted by Gasteiger charge is -2.05. The van der Waals surface area contributed by atoms with Gasteiger partial charge in [0.05, 0.1) is 13.2 Å². The van der Waals surface area contributed by atoms with E-state index >= 15 is 0 Å². The van der Waals surface area contributed by atoms with E-state index < -0.39 is 5.97 Å². The summed E-state index contributed by atoms with van der Waals surface area (Å²) in [7, 11) is 0. The lowest BCUT2D eigenvalue weighted by atomic mass is 10.1. The predicted octanol–water partition coefficient (Wildman–Crippen LogP) is 3.55. The first kappa shape index (κ1) is 13.3. The molecule has 3 nitrogen and oxygen atoms in total. The van der Waals surface area contributed by atoms with Crippen LogP contribution in [0.3, 0.4) is 0 Å². The van der Waals surface area contributed by atoms with Gasteiger partial charge in [0.25, 0.3) is 5.70 Å². The van der Waals surface area contributed by atoms with Crippen molar-refractivity contribution in [1.29, 1.82) is 0 Å². The van der Waals surface area contributed by atoms with Crippen LogP contribution in [0.1, 0.15) is 19.4 Å². The molecule has 0 amide bonds. The molecule has 0 unspecified atom stereocenters. The Balaban J connectivity index is 3.13. The number of rotatable bonds is 3. The second-order valence-electron chi connectivity index (χ2n) is 3.31. The van der Waals surface area contributed by atoms with Crippen molar-refractivity contribution >= 4 is 23.1 Å². The number of ether oxygens (including phenoxy) is 1. The largest absolute Gasteiger partial charge is 0.471 e. The first-order valence-corrected chi connectivity index (χ1v) is 5.49. The monoisotopic (exact) mass is 249 g/mol. The van der Waals surface area contributed by atoms with Gasteiger partial charge in [-0.05, 0) is 37.1 Å². The highest BCUT2D eigenvalue weighted by atomic mass is 35.5. The second-order valence-corrected chi connectivity index (χ2v) is 3.75. The summed E-state index contributed by atoms with van der Waals surface area (Å²) in [5.74, 6) is -0.588. The smallest absolute Gasteiger partial charge is 0.336 e. The van der Waals surface area contributed by atoms with E-state index in [1.54, 1.807) is 38.1 Å². The fourth-order valence-electron chi connectivity index (χ4n) is 1.32. The Bertz CT molecular complexity index is 483. The van der Waals surface area contributed by atoms with Gasteiger partial charge in [-0.25, -0.2) is 4.85 Å². The van der Waals surface area contributed by atoms with Crippen LogP contribution in [0.15, 0.2) is 30.0 Å². The van der Waals surface area contributed by atoms with Crippen LogP contribution in [0.2, 0.25) is 5.02 Å². The normalized spacial score (nSPS) is 11.4. The number of carbonyl (C=O) groups excluding carboxylic acids is 1.